The number of alkyl halides is 1. The molecule has 98 valence electrons. The molecule has 2 nitrogen and oxygen atoms in total. The van der Waals surface area contributed by atoms with Crippen molar-refractivity contribution in [3.05, 3.63) is 12.2 Å². The average molecular weight is 348 g/mol. The van der Waals surface area contributed by atoms with Crippen molar-refractivity contribution in [2.45, 2.75) is 36.0 Å². The van der Waals surface area contributed by atoms with Gasteiger partial charge in [0.05, 0.1) is 0 Å². The molecule has 1 heterocycles. The fourth-order valence-corrected chi connectivity index (χ4v) is 3.32. The van der Waals surface area contributed by atoms with E-state index in [9.17, 15) is 0 Å². The zero-order valence-electron chi connectivity index (χ0n) is 10.7. The van der Waals surface area contributed by atoms with Crippen molar-refractivity contribution in [3.8, 4) is 0 Å². The smallest absolute Gasteiger partial charge is 0.0289 e. The number of likely N-dealkylation sites (tertiary alicyclic amines) is 1. The third-order valence-corrected chi connectivity index (χ3v) is 4.90. The molecule has 2 atom stereocenters. The van der Waals surface area contributed by atoms with E-state index in [-0.39, 0.29) is 0 Å². The second kappa shape index (κ2) is 7.74. The zero-order valence-corrected chi connectivity index (χ0v) is 12.9. The van der Waals surface area contributed by atoms with Gasteiger partial charge in [-0.1, -0.05) is 41.2 Å². The molecule has 0 radical (unpaired) electrons. The van der Waals surface area contributed by atoms with E-state index < -0.39 is 0 Å². The SMILES string of the molecule is IC1C=CC(CNCCN2CCCCC2)CC1. The lowest BCUT2D eigenvalue weighted by Gasteiger charge is -2.27. The first-order valence-corrected chi connectivity index (χ1v) is 8.34. The van der Waals surface area contributed by atoms with Crippen LogP contribution in [0.1, 0.15) is 32.1 Å². The van der Waals surface area contributed by atoms with E-state index in [1.807, 2.05) is 0 Å². The molecule has 1 fully saturated rings. The lowest BCUT2D eigenvalue weighted by molar-refractivity contribution is 0.228. The minimum Gasteiger partial charge on any atom is -0.315 e. The Labute approximate surface area is 119 Å². The Hall–Kier alpha value is 0.390. The maximum Gasteiger partial charge on any atom is 0.0289 e. The van der Waals surface area contributed by atoms with Crippen LogP contribution in [-0.2, 0) is 0 Å². The summed E-state index contributed by atoms with van der Waals surface area (Å²) in [6.45, 7) is 6.22. The van der Waals surface area contributed by atoms with Crippen LogP contribution in [-0.4, -0.2) is 41.5 Å². The van der Waals surface area contributed by atoms with Crippen molar-refractivity contribution in [1.29, 1.82) is 0 Å². The van der Waals surface area contributed by atoms with Crippen LogP contribution in [0.4, 0.5) is 0 Å². The molecular formula is C14H25IN2. The Kier molecular flexibility index (Phi) is 6.29. The van der Waals surface area contributed by atoms with E-state index in [1.165, 1.54) is 58.3 Å². The molecule has 0 saturated carbocycles. The molecule has 2 unspecified atom stereocenters. The summed E-state index contributed by atoms with van der Waals surface area (Å²) in [5.41, 5.74) is 0. The van der Waals surface area contributed by atoms with Crippen molar-refractivity contribution in [3.63, 3.8) is 0 Å². The molecule has 2 rings (SSSR count). The van der Waals surface area contributed by atoms with E-state index in [1.54, 1.807) is 0 Å². The van der Waals surface area contributed by atoms with Gasteiger partial charge in [-0.2, -0.15) is 0 Å². The highest BCUT2D eigenvalue weighted by Crippen LogP contribution is 2.22. The van der Waals surface area contributed by atoms with Gasteiger partial charge >= 0.3 is 0 Å². The normalized spacial score (nSPS) is 30.6. The van der Waals surface area contributed by atoms with Gasteiger partial charge in [0.15, 0.2) is 0 Å². The van der Waals surface area contributed by atoms with Crippen molar-refractivity contribution in [2.24, 2.45) is 5.92 Å². The summed E-state index contributed by atoms with van der Waals surface area (Å²) in [6.07, 6.45) is 11.8. The summed E-state index contributed by atoms with van der Waals surface area (Å²) in [7, 11) is 0. The molecule has 1 aliphatic carbocycles. The second-order valence-corrected chi connectivity index (χ2v) is 6.94. The van der Waals surface area contributed by atoms with Crippen molar-refractivity contribution >= 4 is 22.6 Å². The number of allylic oxidation sites excluding steroid dienone is 1. The molecule has 1 N–H and O–H groups in total. The van der Waals surface area contributed by atoms with E-state index >= 15 is 0 Å². The highest BCUT2D eigenvalue weighted by atomic mass is 127. The molecule has 0 amide bonds. The summed E-state index contributed by atoms with van der Waals surface area (Å²) in [5, 5.41) is 3.62. The van der Waals surface area contributed by atoms with Crippen LogP contribution in [0.15, 0.2) is 12.2 Å². The number of halogens is 1. The Balaban J connectivity index is 1.52. The van der Waals surface area contributed by atoms with Crippen molar-refractivity contribution in [2.75, 3.05) is 32.7 Å². The largest absolute Gasteiger partial charge is 0.315 e. The van der Waals surface area contributed by atoms with Gasteiger partial charge in [0.1, 0.15) is 0 Å². The van der Waals surface area contributed by atoms with Crippen LogP contribution >= 0.6 is 22.6 Å². The minimum absolute atomic E-state index is 0.775. The molecule has 2 aliphatic rings. The lowest BCUT2D eigenvalue weighted by atomic mass is 9.96. The predicted molar refractivity (Wildman–Crippen MR) is 82.8 cm³/mol. The molecule has 0 spiro atoms. The van der Waals surface area contributed by atoms with Crippen molar-refractivity contribution in [1.82, 2.24) is 10.2 Å². The summed E-state index contributed by atoms with van der Waals surface area (Å²) >= 11 is 2.53. The summed E-state index contributed by atoms with van der Waals surface area (Å²) in [4.78, 5) is 2.61. The van der Waals surface area contributed by atoms with Gasteiger partial charge in [-0.3, -0.25) is 0 Å². The molecule has 1 saturated heterocycles. The summed E-state index contributed by atoms with van der Waals surface area (Å²) < 4.78 is 0.775. The number of piperidine rings is 1. The standard InChI is InChI=1S/C14H25IN2/c15-14-6-4-13(5-7-14)12-16-8-11-17-9-2-1-3-10-17/h4,6,13-14,16H,1-3,5,7-12H2. The van der Waals surface area contributed by atoms with Crippen LogP contribution < -0.4 is 5.32 Å². The summed E-state index contributed by atoms with van der Waals surface area (Å²) in [6, 6.07) is 0. The third-order valence-electron chi connectivity index (χ3n) is 3.87. The van der Waals surface area contributed by atoms with E-state index in [0.717, 1.165) is 16.4 Å². The fraction of sp³-hybridized carbons (Fsp3) is 0.857. The second-order valence-electron chi connectivity index (χ2n) is 5.34. The zero-order chi connectivity index (χ0) is 11.9. The first-order valence-electron chi connectivity index (χ1n) is 7.10. The highest BCUT2D eigenvalue weighted by Gasteiger charge is 2.13. The molecule has 0 aromatic rings. The van der Waals surface area contributed by atoms with Crippen LogP contribution in [0.3, 0.4) is 0 Å². The van der Waals surface area contributed by atoms with Gasteiger partial charge in [-0.15, -0.1) is 0 Å². The van der Waals surface area contributed by atoms with Gasteiger partial charge in [0.25, 0.3) is 0 Å². The first-order chi connectivity index (χ1) is 8.34. The number of nitrogens with one attached hydrogen (secondary N) is 1. The monoisotopic (exact) mass is 348 g/mol. The van der Waals surface area contributed by atoms with E-state index in [0.29, 0.717) is 0 Å². The fourth-order valence-electron chi connectivity index (χ4n) is 2.72. The first kappa shape index (κ1) is 13.8. The minimum atomic E-state index is 0.775. The molecule has 17 heavy (non-hydrogen) atoms. The van der Waals surface area contributed by atoms with E-state index in [4.69, 9.17) is 0 Å². The molecule has 1 aliphatic heterocycles. The van der Waals surface area contributed by atoms with Crippen LogP contribution in [0.25, 0.3) is 0 Å². The number of rotatable bonds is 5. The Bertz CT molecular complexity index is 236. The Morgan fingerprint density at radius 3 is 2.65 bits per heavy atom. The van der Waals surface area contributed by atoms with Crippen molar-refractivity contribution < 1.29 is 0 Å². The maximum absolute atomic E-state index is 3.62. The molecule has 0 aromatic carbocycles. The molecule has 0 aromatic heterocycles. The highest BCUT2D eigenvalue weighted by molar-refractivity contribution is 14.1. The van der Waals surface area contributed by atoms with Gasteiger partial charge in [-0.05, 0) is 44.7 Å². The van der Waals surface area contributed by atoms with E-state index in [2.05, 4.69) is 45.0 Å². The molecule has 0 bridgehead atoms. The Morgan fingerprint density at radius 1 is 1.12 bits per heavy atom. The van der Waals surface area contributed by atoms with Crippen LogP contribution in [0, 0.1) is 5.92 Å². The van der Waals surface area contributed by atoms with Crippen LogP contribution in [0.2, 0.25) is 0 Å². The lowest BCUT2D eigenvalue weighted by Crippen LogP contribution is -2.37. The Morgan fingerprint density at radius 2 is 1.94 bits per heavy atom. The molecule has 3 heteroatoms. The topological polar surface area (TPSA) is 15.3 Å². The number of nitrogens with zero attached hydrogens (tertiary/aromatic N) is 1. The number of hydrogen-bond acceptors (Lipinski definition) is 2. The van der Waals surface area contributed by atoms with Gasteiger partial charge in [0, 0.05) is 23.6 Å². The molecular weight excluding hydrogens is 323 g/mol. The number of hydrogen-bond donors (Lipinski definition) is 1. The quantitative estimate of drug-likeness (QED) is 0.356. The summed E-state index contributed by atoms with van der Waals surface area (Å²) in [5.74, 6) is 0.780. The predicted octanol–water partition coefficient (Wildman–Crippen LogP) is 2.83. The third kappa shape index (κ3) is 5.26. The average Bonchev–Trinajstić information content (AvgIpc) is 2.38. The maximum atomic E-state index is 3.62. The van der Waals surface area contributed by atoms with Crippen LogP contribution in [0.5, 0.6) is 0 Å². The van der Waals surface area contributed by atoms with Gasteiger partial charge in [0.2, 0.25) is 0 Å². The van der Waals surface area contributed by atoms with Gasteiger partial charge < -0.3 is 10.2 Å². The van der Waals surface area contributed by atoms with Gasteiger partial charge in [-0.25, -0.2) is 0 Å².